The number of aryl methyl sites for hydroxylation is 1. The molecule has 2 aromatic rings. The molecule has 4 heteroatoms. The number of nitrogens with zero attached hydrogens (tertiary/aromatic N) is 2. The highest BCUT2D eigenvalue weighted by molar-refractivity contribution is 7.15. The normalized spacial score (nSPS) is 14.3. The Labute approximate surface area is 116 Å². The van der Waals surface area contributed by atoms with Crippen molar-refractivity contribution >= 4 is 16.5 Å². The quantitative estimate of drug-likeness (QED) is 0.929. The van der Waals surface area contributed by atoms with Crippen LogP contribution in [0.1, 0.15) is 46.0 Å². The monoisotopic (exact) mass is 269 g/mol. The summed E-state index contributed by atoms with van der Waals surface area (Å²) in [6.07, 6.45) is 3.20. The number of hydrogen-bond acceptors (Lipinski definition) is 4. The second-order valence-electron chi connectivity index (χ2n) is 5.03. The third kappa shape index (κ3) is 2.34. The topological polar surface area (TPSA) is 62.7 Å². The van der Waals surface area contributed by atoms with Crippen LogP contribution in [0.4, 0.5) is 5.13 Å². The zero-order valence-corrected chi connectivity index (χ0v) is 11.6. The van der Waals surface area contributed by atoms with Gasteiger partial charge in [-0.2, -0.15) is 5.26 Å². The van der Waals surface area contributed by atoms with E-state index in [1.807, 2.05) is 25.1 Å². The average molecular weight is 269 g/mol. The van der Waals surface area contributed by atoms with Gasteiger partial charge >= 0.3 is 0 Å². The predicted molar refractivity (Wildman–Crippen MR) is 77.2 cm³/mol. The highest BCUT2D eigenvalue weighted by atomic mass is 32.1. The Bertz CT molecular complexity index is 663. The molecular formula is C15H15N3S. The summed E-state index contributed by atoms with van der Waals surface area (Å²) in [4.78, 5) is 5.68. The van der Waals surface area contributed by atoms with Gasteiger partial charge in [0.25, 0.3) is 0 Å². The maximum atomic E-state index is 9.29. The molecule has 1 saturated carbocycles. The van der Waals surface area contributed by atoms with Crippen molar-refractivity contribution in [2.75, 3.05) is 5.73 Å². The molecule has 0 spiro atoms. The molecular weight excluding hydrogens is 254 g/mol. The lowest BCUT2D eigenvalue weighted by atomic mass is 9.99. The summed E-state index contributed by atoms with van der Waals surface area (Å²) in [6, 6.07) is 8.32. The molecule has 1 aliphatic rings. The van der Waals surface area contributed by atoms with E-state index in [0.717, 1.165) is 28.8 Å². The molecule has 19 heavy (non-hydrogen) atoms. The second kappa shape index (κ2) is 4.67. The molecule has 3 nitrogen and oxygen atoms in total. The van der Waals surface area contributed by atoms with Gasteiger partial charge in [-0.05, 0) is 30.9 Å². The molecule has 2 N–H and O–H groups in total. The fraction of sp³-hybridized carbons (Fsp3) is 0.333. The lowest BCUT2D eigenvalue weighted by molar-refractivity contribution is 1.01. The van der Waals surface area contributed by atoms with Gasteiger partial charge in [-0.3, -0.25) is 0 Å². The predicted octanol–water partition coefficient (Wildman–Crippen LogP) is 3.37. The van der Waals surface area contributed by atoms with Crippen LogP contribution in [0.2, 0.25) is 0 Å². The highest BCUT2D eigenvalue weighted by Crippen LogP contribution is 2.43. The Morgan fingerprint density at radius 1 is 1.47 bits per heavy atom. The first kappa shape index (κ1) is 12.2. The number of nitrogen functional groups attached to an aromatic ring is 1. The van der Waals surface area contributed by atoms with Crippen molar-refractivity contribution in [3.63, 3.8) is 0 Å². The summed E-state index contributed by atoms with van der Waals surface area (Å²) in [6.45, 7) is 1.98. The molecule has 0 aliphatic heterocycles. The number of rotatable bonds is 3. The summed E-state index contributed by atoms with van der Waals surface area (Å²) >= 11 is 1.56. The van der Waals surface area contributed by atoms with Crippen LogP contribution in [0.5, 0.6) is 0 Å². The fourth-order valence-corrected chi connectivity index (χ4v) is 3.33. The molecule has 1 aromatic carbocycles. The number of thiazole rings is 1. The van der Waals surface area contributed by atoms with E-state index in [1.54, 1.807) is 11.3 Å². The van der Waals surface area contributed by atoms with Crippen molar-refractivity contribution in [2.45, 2.75) is 32.1 Å². The first-order valence-corrected chi connectivity index (χ1v) is 7.24. The molecule has 96 valence electrons. The molecule has 0 atom stereocenters. The first-order chi connectivity index (χ1) is 9.19. The summed E-state index contributed by atoms with van der Waals surface area (Å²) in [5.74, 6) is 0.596. The first-order valence-electron chi connectivity index (χ1n) is 6.42. The SMILES string of the molecule is Cc1cccc(Cc2sc(N)nc2C2CC2)c1C#N. The molecule has 0 bridgehead atoms. The van der Waals surface area contributed by atoms with E-state index in [1.165, 1.54) is 17.7 Å². The van der Waals surface area contributed by atoms with Crippen LogP contribution in [0.25, 0.3) is 0 Å². The minimum Gasteiger partial charge on any atom is -0.375 e. The van der Waals surface area contributed by atoms with Gasteiger partial charge < -0.3 is 5.73 Å². The van der Waals surface area contributed by atoms with Crippen LogP contribution in [0.15, 0.2) is 18.2 Å². The van der Waals surface area contributed by atoms with Crippen LogP contribution < -0.4 is 5.73 Å². The lowest BCUT2D eigenvalue weighted by Crippen LogP contribution is -1.96. The summed E-state index contributed by atoms with van der Waals surface area (Å²) in [7, 11) is 0. The Morgan fingerprint density at radius 3 is 2.95 bits per heavy atom. The molecule has 1 heterocycles. The molecule has 1 aliphatic carbocycles. The van der Waals surface area contributed by atoms with Gasteiger partial charge in [0.2, 0.25) is 0 Å². The number of benzene rings is 1. The van der Waals surface area contributed by atoms with E-state index in [-0.39, 0.29) is 0 Å². The molecule has 3 rings (SSSR count). The third-order valence-electron chi connectivity index (χ3n) is 3.53. The molecule has 0 unspecified atom stereocenters. The number of nitrogens with two attached hydrogens (primary N) is 1. The van der Waals surface area contributed by atoms with Gasteiger partial charge in [0.1, 0.15) is 0 Å². The number of hydrogen-bond donors (Lipinski definition) is 1. The van der Waals surface area contributed by atoms with Gasteiger partial charge in [0.15, 0.2) is 5.13 Å². The van der Waals surface area contributed by atoms with Gasteiger partial charge in [-0.15, -0.1) is 11.3 Å². The van der Waals surface area contributed by atoms with Crippen LogP contribution >= 0.6 is 11.3 Å². The molecule has 0 saturated heterocycles. The Kier molecular flexibility index (Phi) is 3.00. The van der Waals surface area contributed by atoms with Crippen molar-refractivity contribution in [3.05, 3.63) is 45.5 Å². The largest absolute Gasteiger partial charge is 0.375 e. The molecule has 0 amide bonds. The average Bonchev–Trinajstić information content (AvgIpc) is 3.15. The van der Waals surface area contributed by atoms with Gasteiger partial charge in [0, 0.05) is 17.2 Å². The lowest BCUT2D eigenvalue weighted by Gasteiger charge is -2.06. The Hall–Kier alpha value is -1.86. The van der Waals surface area contributed by atoms with E-state index < -0.39 is 0 Å². The van der Waals surface area contributed by atoms with Crippen LogP contribution in [-0.4, -0.2) is 4.98 Å². The van der Waals surface area contributed by atoms with E-state index >= 15 is 0 Å². The fourth-order valence-electron chi connectivity index (χ4n) is 2.39. The Balaban J connectivity index is 1.98. The van der Waals surface area contributed by atoms with Crippen LogP contribution in [-0.2, 0) is 6.42 Å². The van der Waals surface area contributed by atoms with E-state index in [9.17, 15) is 5.26 Å². The Morgan fingerprint density at radius 2 is 2.26 bits per heavy atom. The van der Waals surface area contributed by atoms with Crippen LogP contribution in [0, 0.1) is 18.3 Å². The summed E-state index contributed by atoms with van der Waals surface area (Å²) in [5.41, 5.74) is 9.90. The van der Waals surface area contributed by atoms with Crippen molar-refractivity contribution in [3.8, 4) is 6.07 Å². The zero-order valence-electron chi connectivity index (χ0n) is 10.8. The van der Waals surface area contributed by atoms with Crippen molar-refractivity contribution in [1.29, 1.82) is 5.26 Å². The standard InChI is InChI=1S/C15H15N3S/c1-9-3-2-4-11(12(9)8-16)7-13-14(10-5-6-10)18-15(17)19-13/h2-4,10H,5-7H2,1H3,(H2,17,18). The van der Waals surface area contributed by atoms with Crippen molar-refractivity contribution in [1.82, 2.24) is 4.98 Å². The van der Waals surface area contributed by atoms with Gasteiger partial charge in [-0.1, -0.05) is 18.2 Å². The molecule has 0 radical (unpaired) electrons. The maximum Gasteiger partial charge on any atom is 0.180 e. The minimum atomic E-state index is 0.596. The van der Waals surface area contributed by atoms with Crippen molar-refractivity contribution in [2.24, 2.45) is 0 Å². The second-order valence-corrected chi connectivity index (χ2v) is 6.15. The van der Waals surface area contributed by atoms with E-state index in [4.69, 9.17) is 5.73 Å². The van der Waals surface area contributed by atoms with Gasteiger partial charge in [-0.25, -0.2) is 4.98 Å². The number of nitriles is 1. The highest BCUT2D eigenvalue weighted by Gasteiger charge is 2.29. The molecule has 1 aromatic heterocycles. The zero-order chi connectivity index (χ0) is 13.4. The smallest absolute Gasteiger partial charge is 0.180 e. The molecule has 1 fully saturated rings. The summed E-state index contributed by atoms with van der Waals surface area (Å²) < 4.78 is 0. The van der Waals surface area contributed by atoms with Crippen molar-refractivity contribution < 1.29 is 0 Å². The summed E-state index contributed by atoms with van der Waals surface area (Å²) in [5, 5.41) is 9.93. The maximum absolute atomic E-state index is 9.29. The number of anilines is 1. The van der Waals surface area contributed by atoms with E-state index in [2.05, 4.69) is 11.1 Å². The third-order valence-corrected chi connectivity index (χ3v) is 4.43. The van der Waals surface area contributed by atoms with Crippen LogP contribution in [0.3, 0.4) is 0 Å². The number of aromatic nitrogens is 1. The van der Waals surface area contributed by atoms with E-state index in [0.29, 0.717) is 11.0 Å². The minimum absolute atomic E-state index is 0.596. The van der Waals surface area contributed by atoms with Gasteiger partial charge in [0.05, 0.1) is 17.3 Å².